The first kappa shape index (κ1) is 17.6. The molecule has 0 radical (unpaired) electrons. The lowest BCUT2D eigenvalue weighted by Crippen LogP contribution is -2.38. The Morgan fingerprint density at radius 1 is 0.632 bits per heavy atom. The number of nitrogens with zero attached hydrogens (tertiary/aromatic N) is 4. The van der Waals surface area contributed by atoms with Crippen molar-refractivity contribution in [1.29, 1.82) is 0 Å². The Kier molecular flexibility index (Phi) is 5.24. The third-order valence-corrected chi connectivity index (χ3v) is 2.22. The van der Waals surface area contributed by atoms with Gasteiger partial charge in [0.05, 0.1) is 24.8 Å². The van der Waals surface area contributed by atoms with Gasteiger partial charge in [0.1, 0.15) is 0 Å². The molecule has 2 aliphatic rings. The van der Waals surface area contributed by atoms with Gasteiger partial charge in [-0.2, -0.15) is 29.3 Å². The Morgan fingerprint density at radius 3 is 0.842 bits per heavy atom. The normalized spacial score (nSPS) is 22.3. The summed E-state index contributed by atoms with van der Waals surface area (Å²) >= 11 is 0. The van der Waals surface area contributed by atoms with Crippen LogP contribution < -0.4 is 0 Å². The fraction of sp³-hybridized carbons (Fsp3) is 0.500. The molecule has 2 heterocycles. The maximum absolute atomic E-state index is 12.4. The fourth-order valence-corrected chi connectivity index (χ4v) is 0.961. The highest BCUT2D eigenvalue weighted by Crippen LogP contribution is 2.29. The van der Waals surface area contributed by atoms with Crippen molar-refractivity contribution in [2.45, 2.75) is 25.7 Å². The lowest BCUT2D eigenvalue weighted by molar-refractivity contribution is -0.223. The smallest absolute Gasteiger partial charge is 0.189 e. The molecule has 0 unspecified atom stereocenters. The zero-order valence-electron chi connectivity index (χ0n) is 9.77. The van der Waals surface area contributed by atoms with Crippen LogP contribution in [0.2, 0.25) is 0 Å². The molecule has 19 heavy (non-hydrogen) atoms. The molecule has 0 atom stereocenters. The molecule has 0 N–H and O–H groups in total. The molecule has 0 aromatic carbocycles. The number of hydrogen-bond acceptors (Lipinski definition) is 4. The zero-order chi connectivity index (χ0) is 14.1. The van der Waals surface area contributed by atoms with Gasteiger partial charge in [-0.25, -0.2) is 0 Å². The van der Waals surface area contributed by atoms with Crippen molar-refractivity contribution in [3.05, 3.63) is 24.8 Å². The van der Waals surface area contributed by atoms with Crippen LogP contribution in [0, 0.1) is 0 Å². The highest BCUT2D eigenvalue weighted by atomic mass is 35.5. The summed E-state index contributed by atoms with van der Waals surface area (Å²) in [4.78, 5) is 0. The maximum atomic E-state index is 12.4. The molecule has 0 amide bonds. The second-order valence-corrected chi connectivity index (χ2v) is 3.65. The van der Waals surface area contributed by atoms with Gasteiger partial charge in [0.2, 0.25) is 0 Å². The van der Waals surface area contributed by atoms with E-state index in [0.29, 0.717) is 24.8 Å². The molecule has 11 heteroatoms. The molecule has 2 aliphatic heterocycles. The van der Waals surface area contributed by atoms with E-state index >= 15 is 0 Å². The molecule has 0 saturated carbocycles. The molecule has 0 aromatic heterocycles. The molecule has 0 spiro atoms. The minimum Gasteiger partial charge on any atom is -0.189 e. The Morgan fingerprint density at radius 2 is 0.789 bits per heavy atom. The van der Waals surface area contributed by atoms with Crippen LogP contribution >= 0.6 is 12.4 Å². The highest BCUT2D eigenvalue weighted by Gasteiger charge is 2.41. The molecule has 4 nitrogen and oxygen atoms in total. The van der Waals surface area contributed by atoms with Gasteiger partial charge in [-0.3, -0.25) is 0 Å². The minimum absolute atomic E-state index is 0. The van der Waals surface area contributed by atoms with Gasteiger partial charge in [-0.05, 0) is 0 Å². The summed E-state index contributed by atoms with van der Waals surface area (Å²) in [5.74, 6) is -5.33. The van der Waals surface area contributed by atoms with E-state index in [1.165, 1.54) is 0 Å². The third-order valence-electron chi connectivity index (χ3n) is 2.22. The molecule has 112 valence electrons. The molecule has 2 rings (SSSR count). The summed E-state index contributed by atoms with van der Waals surface area (Å²) < 4.78 is 73.0. The van der Waals surface area contributed by atoms with Crippen molar-refractivity contribution in [1.82, 2.24) is 20.5 Å². The predicted octanol–water partition coefficient (Wildman–Crippen LogP) is 3.40. The molecular weight excluding hydrogens is 302 g/mol. The van der Waals surface area contributed by atoms with Gasteiger partial charge in [0.25, 0.3) is 0 Å². The topological polar surface area (TPSA) is 13.0 Å². The van der Waals surface area contributed by atoms with E-state index in [1.807, 2.05) is 0 Å². The average molecular weight is 313 g/mol. The number of alkyl halides is 2. The van der Waals surface area contributed by atoms with Crippen molar-refractivity contribution in [2.24, 2.45) is 0 Å². The quantitative estimate of drug-likeness (QED) is 0.386. The second-order valence-electron chi connectivity index (χ2n) is 3.65. The summed E-state index contributed by atoms with van der Waals surface area (Å²) in [7, 11) is 0. The van der Waals surface area contributed by atoms with Crippen LogP contribution in [0.5, 0.6) is 0 Å². The van der Waals surface area contributed by atoms with Gasteiger partial charge in [-0.15, -0.1) is 12.4 Å². The van der Waals surface area contributed by atoms with Crippen LogP contribution in [0.3, 0.4) is 0 Å². The molecule has 0 fully saturated rings. The van der Waals surface area contributed by atoms with Gasteiger partial charge in [0.15, 0.2) is 0 Å². The summed E-state index contributed by atoms with van der Waals surface area (Å²) in [6.07, 6.45) is 2.67. The summed E-state index contributed by atoms with van der Waals surface area (Å²) in [6, 6.07) is 0. The maximum Gasteiger partial charge on any atom is 0.308 e. The van der Waals surface area contributed by atoms with Crippen molar-refractivity contribution < 1.29 is 26.7 Å². The molecule has 0 aliphatic carbocycles. The lowest BCUT2D eigenvalue weighted by Gasteiger charge is -2.22. The van der Waals surface area contributed by atoms with Crippen LogP contribution in [0.4, 0.5) is 26.7 Å². The fourth-order valence-electron chi connectivity index (χ4n) is 0.961. The van der Waals surface area contributed by atoms with Gasteiger partial charge >= 0.3 is 11.8 Å². The van der Waals surface area contributed by atoms with E-state index in [0.717, 1.165) is 13.8 Å². The second kappa shape index (κ2) is 5.68. The third kappa shape index (κ3) is 3.31. The number of rotatable bonds is 0. The SMILES string of the molecule is CC1(F)N(F)C=CN1F.CC1(F)N(F)C=CN1F.Cl. The van der Waals surface area contributed by atoms with Gasteiger partial charge in [0, 0.05) is 13.8 Å². The number of hydrogen-bond donors (Lipinski definition) is 0. The van der Waals surface area contributed by atoms with Crippen molar-refractivity contribution in [3.8, 4) is 0 Å². The van der Waals surface area contributed by atoms with Crippen molar-refractivity contribution >= 4 is 12.4 Å². The first-order valence-corrected chi connectivity index (χ1v) is 4.65. The van der Waals surface area contributed by atoms with E-state index in [1.54, 1.807) is 0 Å². The lowest BCUT2D eigenvalue weighted by atomic mass is 10.5. The molecular formula is C8H11ClF6N4. The first-order valence-electron chi connectivity index (χ1n) is 4.65. The monoisotopic (exact) mass is 312 g/mol. The Bertz CT molecular complexity index is 301. The van der Waals surface area contributed by atoms with E-state index < -0.39 is 11.8 Å². The predicted molar refractivity (Wildman–Crippen MR) is 56.3 cm³/mol. The molecule has 0 saturated heterocycles. The molecule has 0 bridgehead atoms. The standard InChI is InChI=1S/2C4H5F3N2.ClH/c2*1-4(5)8(6)2-3-9(4)7;/h2*2-3H,1H3;1H. The minimum atomic E-state index is -2.67. The van der Waals surface area contributed by atoms with Gasteiger partial charge < -0.3 is 0 Å². The molecule has 0 aromatic rings. The number of halogens is 7. The van der Waals surface area contributed by atoms with Gasteiger partial charge in [-0.1, -0.05) is 17.9 Å². The van der Waals surface area contributed by atoms with E-state index in [4.69, 9.17) is 0 Å². The summed E-state index contributed by atoms with van der Waals surface area (Å²) in [6.45, 7) is 1.54. The van der Waals surface area contributed by atoms with Crippen LogP contribution in [-0.4, -0.2) is 32.3 Å². The van der Waals surface area contributed by atoms with Crippen LogP contribution in [0.1, 0.15) is 13.8 Å². The van der Waals surface area contributed by atoms with Crippen LogP contribution in [0.15, 0.2) is 24.8 Å². The summed E-state index contributed by atoms with van der Waals surface area (Å²) in [5.41, 5.74) is 0. The Balaban J connectivity index is 0.000000324. The highest BCUT2D eigenvalue weighted by molar-refractivity contribution is 5.85. The summed E-state index contributed by atoms with van der Waals surface area (Å²) in [5, 5.41) is -1.42. The Labute approximate surface area is 111 Å². The largest absolute Gasteiger partial charge is 0.308 e. The van der Waals surface area contributed by atoms with Crippen molar-refractivity contribution in [2.75, 3.05) is 0 Å². The average Bonchev–Trinajstić information content (AvgIpc) is 2.65. The zero-order valence-corrected chi connectivity index (χ0v) is 10.6. The first-order chi connectivity index (χ1) is 8.10. The van der Waals surface area contributed by atoms with E-state index in [2.05, 4.69) is 0 Å². The Hall–Kier alpha value is -1.45. The van der Waals surface area contributed by atoms with Crippen LogP contribution in [-0.2, 0) is 0 Å². The van der Waals surface area contributed by atoms with Crippen LogP contribution in [0.25, 0.3) is 0 Å². The van der Waals surface area contributed by atoms with E-state index in [9.17, 15) is 26.7 Å². The van der Waals surface area contributed by atoms with Crippen molar-refractivity contribution in [3.63, 3.8) is 0 Å². The van der Waals surface area contributed by atoms with E-state index in [-0.39, 0.29) is 32.9 Å².